The Morgan fingerprint density at radius 1 is 1.24 bits per heavy atom. The summed E-state index contributed by atoms with van der Waals surface area (Å²) in [6.45, 7) is 2.28. The lowest BCUT2D eigenvalue weighted by atomic mass is 10.0. The van der Waals surface area contributed by atoms with Crippen LogP contribution in [-0.2, 0) is 0 Å². The van der Waals surface area contributed by atoms with E-state index in [0.717, 1.165) is 31.0 Å². The van der Waals surface area contributed by atoms with E-state index < -0.39 is 0 Å². The number of aromatic nitrogens is 2. The van der Waals surface area contributed by atoms with Crippen molar-refractivity contribution in [1.82, 2.24) is 10.1 Å². The summed E-state index contributed by atoms with van der Waals surface area (Å²) in [7, 11) is 0. The zero-order valence-corrected chi connectivity index (χ0v) is 10.3. The zero-order chi connectivity index (χ0) is 11.8. The zero-order valence-electron chi connectivity index (χ0n) is 10.3. The Morgan fingerprint density at radius 2 is 2.12 bits per heavy atom. The van der Waals surface area contributed by atoms with E-state index >= 15 is 0 Å². The molecule has 1 aromatic rings. The molecule has 2 saturated carbocycles. The van der Waals surface area contributed by atoms with Gasteiger partial charge in [0.1, 0.15) is 0 Å². The van der Waals surface area contributed by atoms with Crippen molar-refractivity contribution in [1.29, 1.82) is 0 Å². The summed E-state index contributed by atoms with van der Waals surface area (Å²) in [5.74, 6) is 2.85. The van der Waals surface area contributed by atoms with E-state index in [4.69, 9.17) is 4.52 Å². The van der Waals surface area contributed by atoms with Gasteiger partial charge in [-0.1, -0.05) is 12.1 Å². The minimum Gasteiger partial charge on any atom is -0.392 e. The van der Waals surface area contributed by atoms with Crippen LogP contribution >= 0.6 is 0 Å². The van der Waals surface area contributed by atoms with Gasteiger partial charge in [0.05, 0.1) is 12.0 Å². The number of aliphatic hydroxyl groups is 1. The maximum absolute atomic E-state index is 9.83. The Kier molecular flexibility index (Phi) is 2.90. The van der Waals surface area contributed by atoms with E-state index in [9.17, 15) is 5.11 Å². The van der Waals surface area contributed by atoms with Crippen LogP contribution in [0, 0.1) is 5.92 Å². The molecule has 1 N–H and O–H groups in total. The van der Waals surface area contributed by atoms with Gasteiger partial charge < -0.3 is 9.63 Å². The summed E-state index contributed by atoms with van der Waals surface area (Å²) >= 11 is 0. The van der Waals surface area contributed by atoms with Crippen molar-refractivity contribution in [2.24, 2.45) is 5.92 Å². The number of aliphatic hydroxyl groups excluding tert-OH is 1. The Balaban J connectivity index is 1.74. The van der Waals surface area contributed by atoms with Crippen LogP contribution in [0.2, 0.25) is 0 Å². The smallest absolute Gasteiger partial charge is 0.232 e. The predicted octanol–water partition coefficient (Wildman–Crippen LogP) is 2.60. The number of nitrogens with zero attached hydrogens (tertiary/aromatic N) is 2. The van der Waals surface area contributed by atoms with E-state index in [1.54, 1.807) is 0 Å². The van der Waals surface area contributed by atoms with Gasteiger partial charge in [0.2, 0.25) is 5.89 Å². The van der Waals surface area contributed by atoms with Crippen molar-refractivity contribution < 1.29 is 9.63 Å². The van der Waals surface area contributed by atoms with Crippen LogP contribution in [0.25, 0.3) is 0 Å². The largest absolute Gasteiger partial charge is 0.392 e. The Morgan fingerprint density at radius 3 is 2.76 bits per heavy atom. The van der Waals surface area contributed by atoms with Crippen LogP contribution in [0.1, 0.15) is 69.0 Å². The quantitative estimate of drug-likeness (QED) is 0.857. The fourth-order valence-electron chi connectivity index (χ4n) is 3.23. The molecule has 0 saturated heterocycles. The van der Waals surface area contributed by atoms with Crippen molar-refractivity contribution in [3.63, 3.8) is 0 Å². The Bertz CT molecular complexity index is 391. The van der Waals surface area contributed by atoms with E-state index in [-0.39, 0.29) is 12.0 Å². The highest BCUT2D eigenvalue weighted by molar-refractivity contribution is 5.04. The molecule has 4 unspecified atom stereocenters. The van der Waals surface area contributed by atoms with Crippen molar-refractivity contribution in [2.45, 2.75) is 63.4 Å². The lowest BCUT2D eigenvalue weighted by Crippen LogP contribution is -2.11. The molecule has 94 valence electrons. The average Bonchev–Trinajstić information content (AvgIpc) is 2.97. The highest BCUT2D eigenvalue weighted by Crippen LogP contribution is 2.38. The molecule has 3 rings (SSSR count). The van der Waals surface area contributed by atoms with Gasteiger partial charge in [-0.2, -0.15) is 4.98 Å². The van der Waals surface area contributed by atoms with Gasteiger partial charge in [-0.3, -0.25) is 0 Å². The van der Waals surface area contributed by atoms with Crippen LogP contribution in [0.15, 0.2) is 4.52 Å². The van der Waals surface area contributed by atoms with Crippen molar-refractivity contribution >= 4 is 0 Å². The van der Waals surface area contributed by atoms with Crippen molar-refractivity contribution in [3.8, 4) is 0 Å². The monoisotopic (exact) mass is 236 g/mol. The molecular formula is C13H20N2O2. The second-order valence-corrected chi connectivity index (χ2v) is 5.71. The van der Waals surface area contributed by atoms with Gasteiger partial charge in [0.15, 0.2) is 5.82 Å². The molecule has 17 heavy (non-hydrogen) atoms. The van der Waals surface area contributed by atoms with E-state index in [1.165, 1.54) is 19.3 Å². The van der Waals surface area contributed by atoms with Gasteiger partial charge in [-0.05, 0) is 44.4 Å². The molecule has 2 aliphatic rings. The first-order valence-corrected chi connectivity index (χ1v) is 6.75. The van der Waals surface area contributed by atoms with Gasteiger partial charge in [0, 0.05) is 5.92 Å². The lowest BCUT2D eigenvalue weighted by Gasteiger charge is -2.08. The topological polar surface area (TPSA) is 59.2 Å². The predicted molar refractivity (Wildman–Crippen MR) is 62.7 cm³/mol. The second-order valence-electron chi connectivity index (χ2n) is 5.71. The van der Waals surface area contributed by atoms with Crippen LogP contribution < -0.4 is 0 Å². The maximum atomic E-state index is 9.83. The third kappa shape index (κ3) is 2.10. The molecule has 0 aromatic carbocycles. The van der Waals surface area contributed by atoms with Crippen LogP contribution in [0.3, 0.4) is 0 Å². The van der Waals surface area contributed by atoms with E-state index in [1.807, 2.05) is 0 Å². The second kappa shape index (κ2) is 4.41. The van der Waals surface area contributed by atoms with Gasteiger partial charge >= 0.3 is 0 Å². The Hall–Kier alpha value is -0.900. The number of hydrogen-bond acceptors (Lipinski definition) is 4. The highest BCUT2D eigenvalue weighted by atomic mass is 16.5. The van der Waals surface area contributed by atoms with Gasteiger partial charge in [0.25, 0.3) is 0 Å². The highest BCUT2D eigenvalue weighted by Gasteiger charge is 2.33. The lowest BCUT2D eigenvalue weighted by molar-refractivity contribution is 0.148. The molecule has 4 heteroatoms. The van der Waals surface area contributed by atoms with Crippen LogP contribution in [0.5, 0.6) is 0 Å². The molecule has 0 spiro atoms. The number of hydrogen-bond donors (Lipinski definition) is 1. The fraction of sp³-hybridized carbons (Fsp3) is 0.846. The normalized spacial score (nSPS) is 37.8. The van der Waals surface area contributed by atoms with Crippen molar-refractivity contribution in [2.75, 3.05) is 0 Å². The average molecular weight is 236 g/mol. The summed E-state index contributed by atoms with van der Waals surface area (Å²) in [6, 6.07) is 0. The summed E-state index contributed by atoms with van der Waals surface area (Å²) in [6.07, 6.45) is 6.22. The standard InChI is InChI=1S/C13H20N2O2/c1-8-5-6-9(7-8)12-14-13(17-15-12)10-3-2-4-11(10)16/h8-11,16H,2-7H2,1H3. The summed E-state index contributed by atoms with van der Waals surface area (Å²) < 4.78 is 5.35. The summed E-state index contributed by atoms with van der Waals surface area (Å²) in [5.41, 5.74) is 0. The Labute approximate surface area is 101 Å². The molecule has 4 nitrogen and oxygen atoms in total. The molecule has 0 bridgehead atoms. The fourth-order valence-corrected chi connectivity index (χ4v) is 3.23. The molecule has 2 fully saturated rings. The molecule has 0 radical (unpaired) electrons. The first-order chi connectivity index (χ1) is 8.24. The summed E-state index contributed by atoms with van der Waals surface area (Å²) in [5, 5.41) is 13.9. The minimum atomic E-state index is -0.286. The summed E-state index contributed by atoms with van der Waals surface area (Å²) in [4.78, 5) is 4.52. The molecule has 0 amide bonds. The third-order valence-electron chi connectivity index (χ3n) is 4.31. The van der Waals surface area contributed by atoms with E-state index in [2.05, 4.69) is 17.1 Å². The number of rotatable bonds is 2. The maximum Gasteiger partial charge on any atom is 0.232 e. The molecule has 1 heterocycles. The molecular weight excluding hydrogens is 216 g/mol. The molecule has 4 atom stereocenters. The first kappa shape index (κ1) is 11.2. The van der Waals surface area contributed by atoms with Gasteiger partial charge in [-0.25, -0.2) is 0 Å². The van der Waals surface area contributed by atoms with Crippen LogP contribution in [-0.4, -0.2) is 21.4 Å². The first-order valence-electron chi connectivity index (χ1n) is 6.75. The van der Waals surface area contributed by atoms with E-state index in [0.29, 0.717) is 11.8 Å². The third-order valence-corrected chi connectivity index (χ3v) is 4.31. The van der Waals surface area contributed by atoms with Crippen LogP contribution in [0.4, 0.5) is 0 Å². The molecule has 2 aliphatic carbocycles. The SMILES string of the molecule is CC1CCC(c2noc(C3CCCC3O)n2)C1. The minimum absolute atomic E-state index is 0.0788. The molecule has 1 aromatic heterocycles. The molecule has 0 aliphatic heterocycles. The van der Waals surface area contributed by atoms with Crippen molar-refractivity contribution in [3.05, 3.63) is 11.7 Å². The van der Waals surface area contributed by atoms with Gasteiger partial charge in [-0.15, -0.1) is 0 Å².